The maximum atomic E-state index is 9.09. The van der Waals surface area contributed by atoms with Gasteiger partial charge in [-0.2, -0.15) is 4.44 Å². The Morgan fingerprint density at radius 1 is 1.08 bits per heavy atom. The van der Waals surface area contributed by atoms with Crippen LogP contribution < -0.4 is 0 Å². The van der Waals surface area contributed by atoms with Crippen LogP contribution in [0.15, 0.2) is 0 Å². The highest BCUT2D eigenvalue weighted by Crippen LogP contribution is 2.58. The molecule has 0 aromatic carbocycles. The highest BCUT2D eigenvalue weighted by atomic mass is 32.5. The lowest BCUT2D eigenvalue weighted by atomic mass is 10.3. The summed E-state index contributed by atoms with van der Waals surface area (Å²) in [5.41, 5.74) is 0. The predicted octanol–water partition coefficient (Wildman–Crippen LogP) is 0.507. The van der Waals surface area contributed by atoms with Crippen molar-refractivity contribution in [1.29, 1.82) is 0 Å². The molecule has 0 fully saturated rings. The minimum atomic E-state index is -3.82. The summed E-state index contributed by atoms with van der Waals surface area (Å²) >= 11 is 8.71. The van der Waals surface area contributed by atoms with E-state index in [-0.39, 0.29) is 6.54 Å². The molecule has 80 valence electrons. The van der Waals surface area contributed by atoms with Crippen LogP contribution in [-0.2, 0) is 23.6 Å². The van der Waals surface area contributed by atoms with Crippen LogP contribution in [0.25, 0.3) is 0 Å². The number of hydrogen-bond acceptors (Lipinski definition) is 2. The molecular formula is C4H13NO4P2S2. The fourth-order valence-electron chi connectivity index (χ4n) is 0.712. The van der Waals surface area contributed by atoms with Gasteiger partial charge in [0.15, 0.2) is 0 Å². The summed E-state index contributed by atoms with van der Waals surface area (Å²) in [6.07, 6.45) is 1.36. The molecule has 0 saturated heterocycles. The normalized spacial score (nSPS) is 13.7. The number of nitrogens with zero attached hydrogens (tertiary/aromatic N) is 1. The third-order valence-electron chi connectivity index (χ3n) is 1.31. The monoisotopic (exact) mass is 265 g/mol. The van der Waals surface area contributed by atoms with Crippen LogP contribution in [-0.4, -0.2) is 30.6 Å². The second-order valence-electron chi connectivity index (χ2n) is 2.48. The molecule has 0 saturated carbocycles. The quantitative estimate of drug-likeness (QED) is 0.539. The first-order valence-electron chi connectivity index (χ1n) is 3.59. The predicted molar refractivity (Wildman–Crippen MR) is 59.1 cm³/mol. The van der Waals surface area contributed by atoms with Crippen molar-refractivity contribution >= 4 is 36.9 Å². The van der Waals surface area contributed by atoms with E-state index >= 15 is 0 Å². The molecule has 0 spiro atoms. The van der Waals surface area contributed by atoms with Crippen molar-refractivity contribution in [2.45, 2.75) is 19.8 Å². The van der Waals surface area contributed by atoms with E-state index in [4.69, 9.17) is 19.6 Å². The van der Waals surface area contributed by atoms with Gasteiger partial charge < -0.3 is 19.6 Å². The summed E-state index contributed by atoms with van der Waals surface area (Å²) in [5, 5.41) is 0. The maximum Gasteiger partial charge on any atom is 0.266 e. The fraction of sp³-hybridized carbons (Fsp3) is 1.00. The second kappa shape index (κ2) is 5.26. The molecule has 9 heteroatoms. The van der Waals surface area contributed by atoms with Gasteiger partial charge >= 0.3 is 0 Å². The van der Waals surface area contributed by atoms with Crippen LogP contribution >= 0.6 is 13.3 Å². The number of unbranched alkanes of at least 4 members (excludes halogenated alkanes) is 1. The van der Waals surface area contributed by atoms with Crippen molar-refractivity contribution in [3.63, 3.8) is 0 Å². The topological polar surface area (TPSA) is 84.2 Å². The van der Waals surface area contributed by atoms with Crippen molar-refractivity contribution in [3.05, 3.63) is 0 Å². The number of hydrogen-bond donors (Lipinski definition) is 4. The Balaban J connectivity index is 4.59. The van der Waals surface area contributed by atoms with Gasteiger partial charge in [0.2, 0.25) is 0 Å². The van der Waals surface area contributed by atoms with Gasteiger partial charge in [-0.3, -0.25) is 0 Å². The standard InChI is InChI=1S/C4H13NO4P2S2/c1-2-3-4-5(10(6,7)12)11(8,9)13/h2-4H2,1H3,(H2,6,7,12)(H2,8,9,13). The van der Waals surface area contributed by atoms with Gasteiger partial charge in [0.05, 0.1) is 0 Å². The molecule has 0 amide bonds. The molecule has 0 heterocycles. The molecule has 0 rings (SSSR count). The van der Waals surface area contributed by atoms with E-state index in [1.165, 1.54) is 0 Å². The molecule has 0 bridgehead atoms. The maximum absolute atomic E-state index is 9.09. The van der Waals surface area contributed by atoms with Crippen LogP contribution in [0, 0.1) is 0 Å². The van der Waals surface area contributed by atoms with Gasteiger partial charge in [-0.05, 0) is 30.0 Å². The molecule has 0 aliphatic heterocycles. The summed E-state index contributed by atoms with van der Waals surface area (Å²) in [4.78, 5) is 36.4. The van der Waals surface area contributed by atoms with Gasteiger partial charge in [0.1, 0.15) is 0 Å². The smallest absolute Gasteiger partial charge is 0.266 e. The van der Waals surface area contributed by atoms with Gasteiger partial charge in [-0.25, -0.2) is 0 Å². The van der Waals surface area contributed by atoms with E-state index in [0.717, 1.165) is 6.42 Å². The zero-order valence-corrected chi connectivity index (χ0v) is 10.5. The Bertz CT molecular complexity index is 227. The molecular weight excluding hydrogens is 252 g/mol. The Morgan fingerprint density at radius 3 is 1.69 bits per heavy atom. The van der Waals surface area contributed by atoms with Gasteiger partial charge in [0.25, 0.3) is 13.3 Å². The van der Waals surface area contributed by atoms with Crippen LogP contribution in [0.5, 0.6) is 0 Å². The first-order chi connectivity index (χ1) is 5.69. The Morgan fingerprint density at radius 2 is 1.46 bits per heavy atom. The van der Waals surface area contributed by atoms with Gasteiger partial charge in [-0.15, -0.1) is 0 Å². The Kier molecular flexibility index (Phi) is 5.70. The van der Waals surface area contributed by atoms with Crippen LogP contribution in [0.4, 0.5) is 0 Å². The van der Waals surface area contributed by atoms with E-state index < -0.39 is 13.3 Å². The lowest BCUT2D eigenvalue weighted by molar-refractivity contribution is 0.361. The Labute approximate surface area is 87.5 Å². The molecule has 0 atom stereocenters. The molecule has 0 aromatic rings. The zero-order chi connectivity index (χ0) is 10.7. The minimum Gasteiger partial charge on any atom is -0.333 e. The third kappa shape index (κ3) is 5.52. The van der Waals surface area contributed by atoms with E-state index in [1.54, 1.807) is 0 Å². The van der Waals surface area contributed by atoms with Gasteiger partial charge in [-0.1, -0.05) is 13.3 Å². The van der Waals surface area contributed by atoms with Crippen molar-refractivity contribution in [2.75, 3.05) is 6.54 Å². The minimum absolute atomic E-state index is 0.102. The molecule has 4 N–H and O–H groups in total. The van der Waals surface area contributed by atoms with Crippen molar-refractivity contribution < 1.29 is 19.6 Å². The molecule has 0 aromatic heterocycles. The zero-order valence-electron chi connectivity index (χ0n) is 7.07. The first kappa shape index (κ1) is 14.1. The van der Waals surface area contributed by atoms with E-state index in [9.17, 15) is 0 Å². The molecule has 0 unspecified atom stereocenters. The summed E-state index contributed by atoms with van der Waals surface area (Å²) in [6.45, 7) is -5.64. The average Bonchev–Trinajstić information content (AvgIpc) is 1.81. The van der Waals surface area contributed by atoms with Crippen molar-refractivity contribution in [3.8, 4) is 0 Å². The van der Waals surface area contributed by atoms with Crippen molar-refractivity contribution in [1.82, 2.24) is 4.44 Å². The molecule has 5 nitrogen and oxygen atoms in total. The lowest BCUT2D eigenvalue weighted by Gasteiger charge is -2.28. The lowest BCUT2D eigenvalue weighted by Crippen LogP contribution is -2.17. The van der Waals surface area contributed by atoms with Crippen LogP contribution in [0.3, 0.4) is 0 Å². The SMILES string of the molecule is CCCCN(P(O)(O)=S)P(O)(O)=S. The van der Waals surface area contributed by atoms with Crippen molar-refractivity contribution in [2.24, 2.45) is 0 Å². The number of rotatable bonds is 5. The van der Waals surface area contributed by atoms with E-state index in [0.29, 0.717) is 10.9 Å². The molecule has 0 aliphatic rings. The van der Waals surface area contributed by atoms with E-state index in [1.807, 2.05) is 6.92 Å². The Hall–Kier alpha value is 1.10. The van der Waals surface area contributed by atoms with Crippen LogP contribution in [0.1, 0.15) is 19.8 Å². The molecule has 13 heavy (non-hydrogen) atoms. The second-order valence-corrected chi connectivity index (χ2v) is 8.75. The van der Waals surface area contributed by atoms with Gasteiger partial charge in [0, 0.05) is 6.54 Å². The summed E-state index contributed by atoms with van der Waals surface area (Å²) in [6, 6.07) is 0. The largest absolute Gasteiger partial charge is 0.333 e. The first-order valence-corrected chi connectivity index (χ1v) is 8.91. The summed E-state index contributed by atoms with van der Waals surface area (Å²) < 4.78 is 0.661. The van der Waals surface area contributed by atoms with Crippen LogP contribution in [0.2, 0.25) is 0 Å². The average molecular weight is 265 g/mol. The summed E-state index contributed by atoms with van der Waals surface area (Å²) in [5.74, 6) is 0. The molecule has 0 aliphatic carbocycles. The molecule has 0 radical (unpaired) electrons. The fourth-order valence-corrected chi connectivity index (χ4v) is 5.47. The highest BCUT2D eigenvalue weighted by Gasteiger charge is 2.31. The van der Waals surface area contributed by atoms with E-state index in [2.05, 4.69) is 23.6 Å². The third-order valence-corrected chi connectivity index (χ3v) is 6.32. The highest BCUT2D eigenvalue weighted by molar-refractivity contribution is 8.16. The summed E-state index contributed by atoms with van der Waals surface area (Å²) in [7, 11) is 0.